The summed E-state index contributed by atoms with van der Waals surface area (Å²) in [5.74, 6) is 1.99. The smallest absolute Gasteiger partial charge is 0.228 e. The van der Waals surface area contributed by atoms with Crippen LogP contribution in [0.4, 0.5) is 5.95 Å². The Morgan fingerprint density at radius 3 is 2.67 bits per heavy atom. The second kappa shape index (κ2) is 5.48. The first kappa shape index (κ1) is 12.3. The monoisotopic (exact) mass is 268 g/mol. The maximum absolute atomic E-state index is 8.85. The number of rotatable bonds is 6. The first-order valence-electron chi connectivity index (χ1n) is 6.83. The van der Waals surface area contributed by atoms with Crippen LogP contribution in [-0.4, -0.2) is 45.3 Å². The van der Waals surface area contributed by atoms with Gasteiger partial charge < -0.3 is 10.0 Å². The molecule has 100 valence electrons. The molecule has 1 saturated carbocycles. The zero-order chi connectivity index (χ0) is 12.4. The van der Waals surface area contributed by atoms with Gasteiger partial charge in [-0.05, 0) is 32.1 Å². The third kappa shape index (κ3) is 2.49. The largest absolute Gasteiger partial charge is 0.396 e. The quantitative estimate of drug-likeness (QED) is 0.628. The Morgan fingerprint density at radius 1 is 1.22 bits per heavy atom. The van der Waals surface area contributed by atoms with Crippen LogP contribution in [0, 0.1) is 0 Å². The lowest BCUT2D eigenvalue weighted by Crippen LogP contribution is -2.22. The van der Waals surface area contributed by atoms with Crippen LogP contribution in [0.3, 0.4) is 0 Å². The van der Waals surface area contributed by atoms with Crippen LogP contribution in [0.1, 0.15) is 38.1 Å². The summed E-state index contributed by atoms with van der Waals surface area (Å²) >= 11 is 1.72. The second-order valence-electron chi connectivity index (χ2n) is 5.00. The Bertz CT molecular complexity index is 399. The molecule has 0 bridgehead atoms. The Balaban J connectivity index is 1.76. The number of hydrogen-bond acceptors (Lipinski definition) is 5. The van der Waals surface area contributed by atoms with Crippen LogP contribution < -0.4 is 4.90 Å². The topological polar surface area (TPSA) is 54.2 Å². The molecule has 2 heterocycles. The molecule has 5 nitrogen and oxygen atoms in total. The lowest BCUT2D eigenvalue weighted by molar-refractivity contribution is 0.296. The molecule has 1 aromatic heterocycles. The minimum absolute atomic E-state index is 0.254. The van der Waals surface area contributed by atoms with Gasteiger partial charge in [0.05, 0.1) is 0 Å². The molecule has 1 aliphatic heterocycles. The van der Waals surface area contributed by atoms with E-state index in [4.69, 9.17) is 5.11 Å². The fourth-order valence-corrected chi connectivity index (χ4v) is 3.31. The third-order valence-corrected chi connectivity index (χ3v) is 4.51. The van der Waals surface area contributed by atoms with Crippen LogP contribution in [0.25, 0.3) is 0 Å². The summed E-state index contributed by atoms with van der Waals surface area (Å²) in [6, 6.07) is 0.618. The van der Waals surface area contributed by atoms with Gasteiger partial charge in [0, 0.05) is 31.5 Å². The molecule has 1 N–H and O–H groups in total. The Hall–Kier alpha value is -0.750. The van der Waals surface area contributed by atoms with Crippen LogP contribution in [-0.2, 0) is 0 Å². The van der Waals surface area contributed by atoms with Crippen molar-refractivity contribution < 1.29 is 5.11 Å². The molecule has 1 aliphatic carbocycles. The predicted molar refractivity (Wildman–Crippen MR) is 72.2 cm³/mol. The number of thioether (sulfide) groups is 1. The van der Waals surface area contributed by atoms with Gasteiger partial charge in [-0.3, -0.25) is 4.57 Å². The van der Waals surface area contributed by atoms with E-state index in [9.17, 15) is 0 Å². The third-order valence-electron chi connectivity index (χ3n) is 3.48. The maximum atomic E-state index is 8.85. The first-order chi connectivity index (χ1) is 8.90. The van der Waals surface area contributed by atoms with Gasteiger partial charge in [-0.1, -0.05) is 11.8 Å². The molecule has 1 aromatic rings. The molecule has 1 saturated heterocycles. The highest BCUT2D eigenvalue weighted by molar-refractivity contribution is 7.99. The van der Waals surface area contributed by atoms with Crippen LogP contribution >= 0.6 is 11.8 Å². The summed E-state index contributed by atoms with van der Waals surface area (Å²) in [6.45, 7) is 2.49. The number of aliphatic hydroxyl groups excluding tert-OH is 1. The molecule has 18 heavy (non-hydrogen) atoms. The van der Waals surface area contributed by atoms with E-state index in [0.717, 1.165) is 36.4 Å². The van der Waals surface area contributed by atoms with Gasteiger partial charge >= 0.3 is 0 Å². The fraction of sp³-hybridized carbons (Fsp3) is 0.833. The summed E-state index contributed by atoms with van der Waals surface area (Å²) in [4.78, 5) is 2.36. The molecule has 0 amide bonds. The zero-order valence-electron chi connectivity index (χ0n) is 10.6. The Morgan fingerprint density at radius 2 is 2.00 bits per heavy atom. The predicted octanol–water partition coefficient (Wildman–Crippen LogP) is 1.69. The van der Waals surface area contributed by atoms with E-state index in [1.54, 1.807) is 11.8 Å². The van der Waals surface area contributed by atoms with Crippen molar-refractivity contribution in [3.05, 3.63) is 0 Å². The van der Waals surface area contributed by atoms with Crippen LogP contribution in [0.2, 0.25) is 0 Å². The number of anilines is 1. The van der Waals surface area contributed by atoms with E-state index in [2.05, 4.69) is 19.7 Å². The molecule has 0 unspecified atom stereocenters. The SMILES string of the molecule is OCCCSc1nnc(N2CCCC2)n1C1CC1. The summed E-state index contributed by atoms with van der Waals surface area (Å²) in [7, 11) is 0. The normalized spacial score (nSPS) is 19.7. The van der Waals surface area contributed by atoms with E-state index < -0.39 is 0 Å². The molecule has 2 fully saturated rings. The molecule has 0 aromatic carbocycles. The minimum Gasteiger partial charge on any atom is -0.396 e. The first-order valence-corrected chi connectivity index (χ1v) is 7.82. The van der Waals surface area contributed by atoms with Gasteiger partial charge in [-0.2, -0.15) is 0 Å². The van der Waals surface area contributed by atoms with Gasteiger partial charge in [0.2, 0.25) is 5.95 Å². The standard InChI is InChI=1S/C12H20N4OS/c17-8-3-9-18-12-14-13-11(15-6-1-2-7-15)16(12)10-4-5-10/h10,17H,1-9H2. The van der Waals surface area contributed by atoms with Crippen molar-refractivity contribution in [3.8, 4) is 0 Å². The van der Waals surface area contributed by atoms with Crippen molar-refractivity contribution in [2.45, 2.75) is 43.3 Å². The van der Waals surface area contributed by atoms with E-state index in [1.807, 2.05) is 0 Å². The van der Waals surface area contributed by atoms with Gasteiger partial charge in [-0.25, -0.2) is 0 Å². The molecule has 6 heteroatoms. The number of aromatic nitrogens is 3. The summed E-state index contributed by atoms with van der Waals surface area (Å²) in [5.41, 5.74) is 0. The zero-order valence-corrected chi connectivity index (χ0v) is 11.4. The average Bonchev–Trinajstić information content (AvgIpc) is 2.93. The van der Waals surface area contributed by atoms with Gasteiger partial charge in [-0.15, -0.1) is 10.2 Å². The highest BCUT2D eigenvalue weighted by Crippen LogP contribution is 2.41. The van der Waals surface area contributed by atoms with Crippen molar-refractivity contribution in [1.29, 1.82) is 0 Å². The second-order valence-corrected chi connectivity index (χ2v) is 6.07. The highest BCUT2D eigenvalue weighted by Gasteiger charge is 2.32. The number of hydrogen-bond donors (Lipinski definition) is 1. The summed E-state index contributed by atoms with van der Waals surface area (Å²) in [5, 5.41) is 18.6. The molecular formula is C12H20N4OS. The molecular weight excluding hydrogens is 248 g/mol. The van der Waals surface area contributed by atoms with Gasteiger partial charge in [0.25, 0.3) is 0 Å². The molecule has 0 radical (unpaired) electrons. The van der Waals surface area contributed by atoms with Crippen molar-refractivity contribution in [2.24, 2.45) is 0 Å². The lowest BCUT2D eigenvalue weighted by atomic mass is 10.4. The molecule has 0 atom stereocenters. The van der Waals surface area contributed by atoms with Crippen molar-refractivity contribution in [3.63, 3.8) is 0 Å². The Labute approximate surface area is 112 Å². The van der Waals surface area contributed by atoms with E-state index in [1.165, 1.54) is 25.7 Å². The number of nitrogens with zero attached hydrogens (tertiary/aromatic N) is 4. The summed E-state index contributed by atoms with van der Waals surface area (Å²) < 4.78 is 2.33. The van der Waals surface area contributed by atoms with Crippen molar-refractivity contribution >= 4 is 17.7 Å². The van der Waals surface area contributed by atoms with Crippen LogP contribution in [0.5, 0.6) is 0 Å². The molecule has 2 aliphatic rings. The minimum atomic E-state index is 0.254. The maximum Gasteiger partial charge on any atom is 0.228 e. The fourth-order valence-electron chi connectivity index (χ4n) is 2.38. The number of aliphatic hydroxyl groups is 1. The highest BCUT2D eigenvalue weighted by atomic mass is 32.2. The molecule has 0 spiro atoms. The molecule has 3 rings (SSSR count). The van der Waals surface area contributed by atoms with E-state index in [-0.39, 0.29) is 6.61 Å². The average molecular weight is 268 g/mol. The van der Waals surface area contributed by atoms with Crippen LogP contribution in [0.15, 0.2) is 5.16 Å². The van der Waals surface area contributed by atoms with E-state index in [0.29, 0.717) is 6.04 Å². The van der Waals surface area contributed by atoms with Gasteiger partial charge in [0.1, 0.15) is 0 Å². The van der Waals surface area contributed by atoms with Gasteiger partial charge in [0.15, 0.2) is 5.16 Å². The van der Waals surface area contributed by atoms with Crippen molar-refractivity contribution in [1.82, 2.24) is 14.8 Å². The summed E-state index contributed by atoms with van der Waals surface area (Å²) in [6.07, 6.45) is 5.87. The van der Waals surface area contributed by atoms with Crippen molar-refractivity contribution in [2.75, 3.05) is 30.3 Å². The van der Waals surface area contributed by atoms with E-state index >= 15 is 0 Å². The lowest BCUT2D eigenvalue weighted by Gasteiger charge is -2.17. The Kier molecular flexibility index (Phi) is 3.75.